The molecule has 0 aliphatic rings. The first kappa shape index (κ1) is 24.0. The Bertz CT molecular complexity index is 1280. The van der Waals surface area contributed by atoms with E-state index in [1.54, 1.807) is 25.1 Å². The van der Waals surface area contributed by atoms with Gasteiger partial charge in [0.1, 0.15) is 17.2 Å². The van der Waals surface area contributed by atoms with E-state index in [-0.39, 0.29) is 11.9 Å². The molecule has 35 heavy (non-hydrogen) atoms. The number of methoxy groups -OCH3 is 2. The van der Waals surface area contributed by atoms with Crippen LogP contribution in [0.2, 0.25) is 0 Å². The molecule has 7 heteroatoms. The van der Waals surface area contributed by atoms with Crippen molar-refractivity contribution in [3.8, 4) is 28.4 Å². The molecule has 180 valence electrons. The minimum absolute atomic E-state index is 0.0292. The highest BCUT2D eigenvalue weighted by molar-refractivity contribution is 6.00. The van der Waals surface area contributed by atoms with E-state index in [1.165, 1.54) is 0 Å². The van der Waals surface area contributed by atoms with Crippen molar-refractivity contribution in [3.63, 3.8) is 0 Å². The zero-order chi connectivity index (χ0) is 24.8. The Kier molecular flexibility index (Phi) is 7.48. The lowest BCUT2D eigenvalue weighted by Crippen LogP contribution is -2.34. The minimum atomic E-state index is -0.195. The predicted molar refractivity (Wildman–Crippen MR) is 137 cm³/mol. The van der Waals surface area contributed by atoms with Gasteiger partial charge in [0.25, 0.3) is 5.91 Å². The van der Waals surface area contributed by atoms with Gasteiger partial charge < -0.3 is 19.7 Å². The predicted octanol–water partition coefficient (Wildman–Crippen LogP) is 4.59. The number of nitrogens with one attached hydrogen (secondary N) is 1. The van der Waals surface area contributed by atoms with Crippen molar-refractivity contribution < 1.29 is 14.3 Å². The number of likely N-dealkylation sites (N-methyl/N-ethyl adjacent to an activating group) is 1. The summed E-state index contributed by atoms with van der Waals surface area (Å²) >= 11 is 0. The summed E-state index contributed by atoms with van der Waals surface area (Å²) in [4.78, 5) is 15.6. The van der Waals surface area contributed by atoms with Gasteiger partial charge in [-0.3, -0.25) is 4.79 Å². The Morgan fingerprint density at radius 1 is 0.943 bits per heavy atom. The molecule has 1 amide bonds. The van der Waals surface area contributed by atoms with Crippen molar-refractivity contribution in [2.45, 2.75) is 6.04 Å². The largest absolute Gasteiger partial charge is 0.497 e. The number of benzene rings is 3. The first-order chi connectivity index (χ1) is 17.0. The van der Waals surface area contributed by atoms with Gasteiger partial charge in [-0.25, -0.2) is 4.68 Å². The molecule has 7 nitrogen and oxygen atoms in total. The third-order valence-corrected chi connectivity index (χ3v) is 5.88. The van der Waals surface area contributed by atoms with Crippen molar-refractivity contribution in [2.24, 2.45) is 0 Å². The van der Waals surface area contributed by atoms with Gasteiger partial charge in [0.15, 0.2) is 0 Å². The Balaban J connectivity index is 1.65. The first-order valence-corrected chi connectivity index (χ1v) is 11.4. The maximum Gasteiger partial charge on any atom is 0.255 e. The molecule has 4 rings (SSSR count). The molecule has 0 saturated carbocycles. The molecule has 1 unspecified atom stereocenters. The summed E-state index contributed by atoms with van der Waals surface area (Å²) in [5.74, 6) is 1.29. The molecule has 0 radical (unpaired) electrons. The molecule has 4 aromatic rings. The van der Waals surface area contributed by atoms with Gasteiger partial charge in [-0.05, 0) is 56.1 Å². The molecule has 0 fully saturated rings. The number of hydrogen-bond donors (Lipinski definition) is 1. The second-order valence-corrected chi connectivity index (χ2v) is 8.37. The standard InChI is InChI=1S/C28H30N4O3/c1-31(2)26(20-10-8-14-23(16-20)34-3)18-29-28(33)25-19-32(22-12-6-5-7-13-22)30-27(25)21-11-9-15-24(17-21)35-4/h5-17,19,26H,18H2,1-4H3,(H,29,33). The van der Waals surface area contributed by atoms with Gasteiger partial charge in [0, 0.05) is 18.3 Å². The zero-order valence-corrected chi connectivity index (χ0v) is 20.4. The van der Waals surface area contributed by atoms with Gasteiger partial charge in [-0.1, -0.05) is 42.5 Å². The molecule has 0 saturated heterocycles. The van der Waals surface area contributed by atoms with Crippen molar-refractivity contribution in [1.29, 1.82) is 0 Å². The summed E-state index contributed by atoms with van der Waals surface area (Å²) in [6, 6.07) is 25.2. The number of nitrogens with zero attached hydrogens (tertiary/aromatic N) is 3. The van der Waals surface area contributed by atoms with E-state index in [9.17, 15) is 4.79 Å². The summed E-state index contributed by atoms with van der Waals surface area (Å²) in [6.45, 7) is 0.424. The van der Waals surface area contributed by atoms with Crippen LogP contribution in [0, 0.1) is 0 Å². The smallest absolute Gasteiger partial charge is 0.255 e. The quantitative estimate of drug-likeness (QED) is 0.388. The van der Waals surface area contributed by atoms with Crippen molar-refractivity contribution >= 4 is 5.91 Å². The maximum absolute atomic E-state index is 13.5. The Hall–Kier alpha value is -4.10. The lowest BCUT2D eigenvalue weighted by molar-refractivity contribution is 0.0942. The molecule has 1 heterocycles. The van der Waals surface area contributed by atoms with Crippen molar-refractivity contribution in [1.82, 2.24) is 20.0 Å². The van der Waals surface area contributed by atoms with Crippen LogP contribution in [-0.4, -0.2) is 55.4 Å². The van der Waals surface area contributed by atoms with E-state index < -0.39 is 0 Å². The molecule has 0 aliphatic heterocycles. The SMILES string of the molecule is COc1cccc(-c2nn(-c3ccccc3)cc2C(=O)NCC(c2cccc(OC)c2)N(C)C)c1. The zero-order valence-electron chi connectivity index (χ0n) is 20.4. The normalized spacial score (nSPS) is 11.8. The number of aromatic nitrogens is 2. The van der Waals surface area contributed by atoms with Crippen LogP contribution in [0.3, 0.4) is 0 Å². The van der Waals surface area contributed by atoms with Crippen LogP contribution in [0.25, 0.3) is 16.9 Å². The fraction of sp³-hybridized carbons (Fsp3) is 0.214. The highest BCUT2D eigenvalue weighted by atomic mass is 16.5. The van der Waals surface area contributed by atoms with E-state index in [0.29, 0.717) is 23.6 Å². The lowest BCUT2D eigenvalue weighted by Gasteiger charge is -2.25. The molecular weight excluding hydrogens is 440 g/mol. The number of para-hydroxylation sites is 1. The van der Waals surface area contributed by atoms with Gasteiger partial charge >= 0.3 is 0 Å². The molecule has 0 aliphatic carbocycles. The Labute approximate surface area is 205 Å². The number of rotatable bonds is 9. The van der Waals surface area contributed by atoms with Crippen LogP contribution in [0.4, 0.5) is 0 Å². The number of carbonyl (C=O) groups excluding carboxylic acids is 1. The topological polar surface area (TPSA) is 68.6 Å². The van der Waals surface area contributed by atoms with E-state index in [4.69, 9.17) is 14.6 Å². The number of hydrogen-bond acceptors (Lipinski definition) is 5. The maximum atomic E-state index is 13.5. The summed E-state index contributed by atoms with van der Waals surface area (Å²) in [7, 11) is 7.25. The molecule has 1 N–H and O–H groups in total. The average molecular weight is 471 g/mol. The Morgan fingerprint density at radius 3 is 2.31 bits per heavy atom. The van der Waals surface area contributed by atoms with Crippen molar-refractivity contribution in [2.75, 3.05) is 34.9 Å². The van der Waals surface area contributed by atoms with Crippen LogP contribution in [0.15, 0.2) is 85.1 Å². The number of carbonyl (C=O) groups is 1. The fourth-order valence-electron chi connectivity index (χ4n) is 3.97. The molecule has 0 bridgehead atoms. The molecule has 0 spiro atoms. The molecular formula is C28H30N4O3. The van der Waals surface area contributed by atoms with Crippen LogP contribution < -0.4 is 14.8 Å². The summed E-state index contributed by atoms with van der Waals surface area (Å²) in [5, 5.41) is 7.88. The van der Waals surface area contributed by atoms with Crippen LogP contribution in [-0.2, 0) is 0 Å². The summed E-state index contributed by atoms with van der Waals surface area (Å²) < 4.78 is 12.5. The lowest BCUT2D eigenvalue weighted by atomic mass is 10.0. The van der Waals surface area contributed by atoms with Gasteiger partial charge in [-0.2, -0.15) is 5.10 Å². The molecule has 3 aromatic carbocycles. The van der Waals surface area contributed by atoms with Crippen LogP contribution in [0.5, 0.6) is 11.5 Å². The summed E-state index contributed by atoms with van der Waals surface area (Å²) in [6.07, 6.45) is 1.77. The minimum Gasteiger partial charge on any atom is -0.497 e. The van der Waals surface area contributed by atoms with E-state index in [2.05, 4.69) is 10.2 Å². The van der Waals surface area contributed by atoms with Crippen molar-refractivity contribution in [3.05, 3.63) is 96.2 Å². The van der Waals surface area contributed by atoms with Crippen LogP contribution >= 0.6 is 0 Å². The molecule has 1 aromatic heterocycles. The highest BCUT2D eigenvalue weighted by Crippen LogP contribution is 2.27. The fourth-order valence-corrected chi connectivity index (χ4v) is 3.97. The van der Waals surface area contributed by atoms with E-state index >= 15 is 0 Å². The number of amides is 1. The van der Waals surface area contributed by atoms with E-state index in [0.717, 1.165) is 22.6 Å². The first-order valence-electron chi connectivity index (χ1n) is 11.4. The monoisotopic (exact) mass is 470 g/mol. The second kappa shape index (κ2) is 10.9. The highest BCUT2D eigenvalue weighted by Gasteiger charge is 2.22. The summed E-state index contributed by atoms with van der Waals surface area (Å²) in [5.41, 5.74) is 3.82. The molecule has 1 atom stereocenters. The third-order valence-electron chi connectivity index (χ3n) is 5.88. The van der Waals surface area contributed by atoms with E-state index in [1.807, 2.05) is 93.0 Å². The average Bonchev–Trinajstić information content (AvgIpc) is 3.35. The van der Waals surface area contributed by atoms with Gasteiger partial charge in [0.2, 0.25) is 0 Å². The third kappa shape index (κ3) is 5.53. The second-order valence-electron chi connectivity index (χ2n) is 8.37. The Morgan fingerprint density at radius 2 is 1.63 bits per heavy atom. The van der Waals surface area contributed by atoms with Gasteiger partial charge in [-0.15, -0.1) is 0 Å². The van der Waals surface area contributed by atoms with Crippen LogP contribution in [0.1, 0.15) is 22.0 Å². The van der Waals surface area contributed by atoms with Gasteiger partial charge in [0.05, 0.1) is 31.5 Å². The number of ether oxygens (including phenoxy) is 2.